The topological polar surface area (TPSA) is 39.7 Å². The van der Waals surface area contributed by atoms with Gasteiger partial charge in [-0.1, -0.05) is 20.3 Å². The van der Waals surface area contributed by atoms with Crippen LogP contribution in [0.15, 0.2) is 4.99 Å². The van der Waals surface area contributed by atoms with E-state index in [9.17, 15) is 0 Å². The van der Waals surface area contributed by atoms with Crippen molar-refractivity contribution in [2.24, 2.45) is 4.99 Å². The van der Waals surface area contributed by atoms with Crippen molar-refractivity contribution in [1.82, 2.24) is 15.5 Å². The molecule has 1 aliphatic rings. The maximum absolute atomic E-state index is 4.63. The van der Waals surface area contributed by atoms with Gasteiger partial charge in [0.05, 0.1) is 0 Å². The van der Waals surface area contributed by atoms with E-state index in [0.717, 1.165) is 19.0 Å². The molecule has 4 nitrogen and oxygen atoms in total. The van der Waals surface area contributed by atoms with Crippen LogP contribution in [0.1, 0.15) is 52.9 Å². The lowest BCUT2D eigenvalue weighted by atomic mass is 10.1. The summed E-state index contributed by atoms with van der Waals surface area (Å²) in [5.74, 6) is 1.00. The van der Waals surface area contributed by atoms with E-state index in [-0.39, 0.29) is 24.0 Å². The quantitative estimate of drug-likeness (QED) is 0.301. The molecule has 0 spiro atoms. The predicted molar refractivity (Wildman–Crippen MR) is 99.2 cm³/mol. The number of halogens is 1. The van der Waals surface area contributed by atoms with Gasteiger partial charge in [-0.2, -0.15) is 0 Å². The Hall–Kier alpha value is -0.0400. The summed E-state index contributed by atoms with van der Waals surface area (Å²) in [6.45, 7) is 12.2. The van der Waals surface area contributed by atoms with Crippen LogP contribution in [0.25, 0.3) is 0 Å². The van der Waals surface area contributed by atoms with Crippen molar-refractivity contribution in [2.45, 2.75) is 58.9 Å². The van der Waals surface area contributed by atoms with Crippen LogP contribution in [0, 0.1) is 0 Å². The molecular weight excluding hydrogens is 363 g/mol. The first kappa shape index (κ1) is 20.0. The molecule has 1 aliphatic heterocycles. The molecule has 0 atom stereocenters. The predicted octanol–water partition coefficient (Wildman–Crippen LogP) is 2.83. The molecule has 20 heavy (non-hydrogen) atoms. The van der Waals surface area contributed by atoms with Crippen molar-refractivity contribution in [2.75, 3.05) is 32.7 Å². The van der Waals surface area contributed by atoms with Gasteiger partial charge in [0.25, 0.3) is 0 Å². The molecule has 1 fully saturated rings. The fourth-order valence-corrected chi connectivity index (χ4v) is 2.48. The van der Waals surface area contributed by atoms with Crippen molar-refractivity contribution in [1.29, 1.82) is 0 Å². The lowest BCUT2D eigenvalue weighted by molar-refractivity contribution is 0.206. The number of hydrogen-bond donors (Lipinski definition) is 2. The van der Waals surface area contributed by atoms with Crippen LogP contribution in [-0.4, -0.2) is 49.6 Å². The number of hydrogen-bond acceptors (Lipinski definition) is 2. The second-order valence-electron chi connectivity index (χ2n) is 5.37. The molecule has 0 aromatic heterocycles. The van der Waals surface area contributed by atoms with E-state index in [1.165, 1.54) is 51.7 Å². The average Bonchev–Trinajstić information content (AvgIpc) is 2.42. The van der Waals surface area contributed by atoms with Gasteiger partial charge in [0, 0.05) is 32.2 Å². The van der Waals surface area contributed by atoms with E-state index in [2.05, 4.69) is 41.3 Å². The van der Waals surface area contributed by atoms with Gasteiger partial charge in [-0.25, -0.2) is 0 Å². The molecule has 0 aromatic rings. The van der Waals surface area contributed by atoms with E-state index >= 15 is 0 Å². The number of guanidine groups is 1. The highest BCUT2D eigenvalue weighted by Gasteiger charge is 2.19. The Morgan fingerprint density at radius 1 is 1.15 bits per heavy atom. The molecule has 0 aliphatic carbocycles. The number of piperidine rings is 1. The van der Waals surface area contributed by atoms with Gasteiger partial charge in [0.2, 0.25) is 0 Å². The number of rotatable bonds is 7. The van der Waals surface area contributed by atoms with Gasteiger partial charge >= 0.3 is 0 Å². The van der Waals surface area contributed by atoms with Crippen LogP contribution >= 0.6 is 24.0 Å². The molecule has 5 heteroatoms. The zero-order chi connectivity index (χ0) is 13.9. The minimum atomic E-state index is 0. The van der Waals surface area contributed by atoms with E-state index in [0.29, 0.717) is 6.04 Å². The molecule has 0 radical (unpaired) electrons. The highest BCUT2D eigenvalue weighted by atomic mass is 127. The van der Waals surface area contributed by atoms with Crippen molar-refractivity contribution < 1.29 is 0 Å². The molecule has 120 valence electrons. The lowest BCUT2D eigenvalue weighted by Crippen LogP contribution is -2.48. The van der Waals surface area contributed by atoms with E-state index in [4.69, 9.17) is 0 Å². The van der Waals surface area contributed by atoms with E-state index in [1.807, 2.05) is 0 Å². The van der Waals surface area contributed by atoms with Crippen LogP contribution in [0.3, 0.4) is 0 Å². The number of nitrogens with zero attached hydrogens (tertiary/aromatic N) is 2. The Balaban J connectivity index is 0.00000361. The van der Waals surface area contributed by atoms with Crippen LogP contribution in [0.4, 0.5) is 0 Å². The monoisotopic (exact) mass is 396 g/mol. The largest absolute Gasteiger partial charge is 0.357 e. The summed E-state index contributed by atoms with van der Waals surface area (Å²) in [7, 11) is 0. The van der Waals surface area contributed by atoms with Gasteiger partial charge in [-0.05, 0) is 39.2 Å². The van der Waals surface area contributed by atoms with Crippen LogP contribution in [-0.2, 0) is 0 Å². The molecular formula is C15H33IN4. The number of unbranched alkanes of at least 4 members (excludes halogenated alkanes) is 1. The Morgan fingerprint density at radius 2 is 1.85 bits per heavy atom. The zero-order valence-electron chi connectivity index (χ0n) is 13.5. The summed E-state index contributed by atoms with van der Waals surface area (Å²) in [5.41, 5.74) is 0. The second kappa shape index (κ2) is 12.7. The molecule has 0 unspecified atom stereocenters. The van der Waals surface area contributed by atoms with Crippen LogP contribution in [0.5, 0.6) is 0 Å². The molecule has 0 aromatic carbocycles. The molecule has 0 saturated carbocycles. The smallest absolute Gasteiger partial charge is 0.191 e. The summed E-state index contributed by atoms with van der Waals surface area (Å²) >= 11 is 0. The minimum Gasteiger partial charge on any atom is -0.357 e. The molecule has 2 N–H and O–H groups in total. The molecule has 0 bridgehead atoms. The number of nitrogens with one attached hydrogen (secondary N) is 2. The Labute approximate surface area is 142 Å². The van der Waals surface area contributed by atoms with Crippen molar-refractivity contribution in [3.05, 3.63) is 0 Å². The standard InChI is InChI=1S/C15H32N4.HI/c1-4-7-10-17-15(16-6-3)18-14-8-12-19(11-5-2)13-9-14;/h14H,4-13H2,1-3H3,(H2,16,17,18);1H. The lowest BCUT2D eigenvalue weighted by Gasteiger charge is -2.32. The third kappa shape index (κ3) is 8.29. The molecule has 1 heterocycles. The fraction of sp³-hybridized carbons (Fsp3) is 0.933. The summed E-state index contributed by atoms with van der Waals surface area (Å²) in [6.07, 6.45) is 6.11. The highest BCUT2D eigenvalue weighted by Crippen LogP contribution is 2.10. The second-order valence-corrected chi connectivity index (χ2v) is 5.37. The maximum Gasteiger partial charge on any atom is 0.191 e. The SMILES string of the molecule is CCCCN=C(NCC)NC1CCN(CCC)CC1.I. The van der Waals surface area contributed by atoms with Gasteiger partial charge in [-0.3, -0.25) is 4.99 Å². The first-order valence-electron chi connectivity index (χ1n) is 8.07. The third-order valence-corrected chi connectivity index (χ3v) is 3.59. The van der Waals surface area contributed by atoms with Crippen molar-refractivity contribution in [3.8, 4) is 0 Å². The summed E-state index contributed by atoms with van der Waals surface area (Å²) < 4.78 is 0. The third-order valence-electron chi connectivity index (χ3n) is 3.59. The fourth-order valence-electron chi connectivity index (χ4n) is 2.48. The summed E-state index contributed by atoms with van der Waals surface area (Å²) in [6, 6.07) is 0.590. The summed E-state index contributed by atoms with van der Waals surface area (Å²) in [5, 5.41) is 6.94. The normalized spacial score (nSPS) is 17.6. The molecule has 1 rings (SSSR count). The van der Waals surface area contributed by atoms with Crippen LogP contribution < -0.4 is 10.6 Å². The minimum absolute atomic E-state index is 0. The summed E-state index contributed by atoms with van der Waals surface area (Å²) in [4.78, 5) is 7.20. The van der Waals surface area contributed by atoms with Gasteiger partial charge in [0.15, 0.2) is 5.96 Å². The highest BCUT2D eigenvalue weighted by molar-refractivity contribution is 14.0. The first-order valence-corrected chi connectivity index (χ1v) is 8.07. The van der Waals surface area contributed by atoms with Gasteiger partial charge < -0.3 is 15.5 Å². The molecule has 0 amide bonds. The van der Waals surface area contributed by atoms with Crippen molar-refractivity contribution >= 4 is 29.9 Å². The van der Waals surface area contributed by atoms with Crippen LogP contribution in [0.2, 0.25) is 0 Å². The maximum atomic E-state index is 4.63. The van der Waals surface area contributed by atoms with Crippen molar-refractivity contribution in [3.63, 3.8) is 0 Å². The van der Waals surface area contributed by atoms with Gasteiger partial charge in [-0.15, -0.1) is 24.0 Å². The Kier molecular flexibility index (Phi) is 12.7. The first-order chi connectivity index (χ1) is 9.30. The zero-order valence-corrected chi connectivity index (χ0v) is 15.8. The number of likely N-dealkylation sites (tertiary alicyclic amines) is 1. The average molecular weight is 396 g/mol. The van der Waals surface area contributed by atoms with Gasteiger partial charge in [0.1, 0.15) is 0 Å². The Bertz CT molecular complexity index is 250. The van der Waals surface area contributed by atoms with E-state index < -0.39 is 0 Å². The number of aliphatic imine (C=N–C) groups is 1. The van der Waals surface area contributed by atoms with E-state index in [1.54, 1.807) is 0 Å². The molecule has 1 saturated heterocycles. The Morgan fingerprint density at radius 3 is 2.40 bits per heavy atom.